The van der Waals surface area contributed by atoms with Crippen molar-refractivity contribution in [3.05, 3.63) is 60.8 Å². The van der Waals surface area contributed by atoms with E-state index < -0.39 is 46.7 Å². The van der Waals surface area contributed by atoms with E-state index in [1.165, 1.54) is 37.1 Å². The van der Waals surface area contributed by atoms with E-state index in [0.717, 1.165) is 18.9 Å². The second kappa shape index (κ2) is 17.4. The molecule has 0 aromatic carbocycles. The molecule has 180 valence electrons. The maximum atomic E-state index is 11.3. The van der Waals surface area contributed by atoms with E-state index in [9.17, 15) is 28.0 Å². The molecule has 0 amide bonds. The van der Waals surface area contributed by atoms with Gasteiger partial charge in [-0.2, -0.15) is 0 Å². The molecule has 10 heteroatoms. The van der Waals surface area contributed by atoms with Crippen LogP contribution in [0.15, 0.2) is 60.8 Å². The number of hydrogen-bond acceptors (Lipinski definition) is 8. The Bertz CT molecular complexity index is 816. The fourth-order valence-electron chi connectivity index (χ4n) is 2.91. The van der Waals surface area contributed by atoms with Crippen LogP contribution in [0.25, 0.3) is 0 Å². The molecule has 0 saturated carbocycles. The van der Waals surface area contributed by atoms with Crippen molar-refractivity contribution in [3.63, 3.8) is 0 Å². The van der Waals surface area contributed by atoms with Crippen LogP contribution >= 0.6 is 0 Å². The van der Waals surface area contributed by atoms with E-state index in [4.69, 9.17) is 4.74 Å². The summed E-state index contributed by atoms with van der Waals surface area (Å²) in [4.78, 5) is 11.3. The van der Waals surface area contributed by atoms with Crippen LogP contribution in [0.1, 0.15) is 46.0 Å². The van der Waals surface area contributed by atoms with E-state index in [-0.39, 0.29) is 36.0 Å². The van der Waals surface area contributed by atoms with Crippen LogP contribution in [0.3, 0.4) is 0 Å². The number of carbonyl (C=O) groups excluding carboxylic acids is 1. The summed E-state index contributed by atoms with van der Waals surface area (Å²) in [6, 6.07) is 0. The van der Waals surface area contributed by atoms with Gasteiger partial charge in [0, 0.05) is 12.0 Å². The number of unbranched alkanes of at least 4 members (excludes halogenated alkanes) is 3. The third kappa shape index (κ3) is 14.7. The minimum absolute atomic E-state index is 0. The largest absolute Gasteiger partial charge is 1.00 e. The molecule has 0 aromatic rings. The van der Waals surface area contributed by atoms with Gasteiger partial charge in [0.25, 0.3) is 0 Å². The third-order valence-corrected chi connectivity index (χ3v) is 5.31. The quantitative estimate of drug-likeness (QED) is 0.0652. The van der Waals surface area contributed by atoms with Crippen LogP contribution in [0, 0.1) is 5.92 Å². The summed E-state index contributed by atoms with van der Waals surface area (Å²) in [6.07, 6.45) is 16.1. The topological polar surface area (TPSA) is 133 Å². The van der Waals surface area contributed by atoms with Crippen LogP contribution in [-0.4, -0.2) is 53.6 Å². The minimum Gasteiger partial charge on any atom is -0.726 e. The van der Waals surface area contributed by atoms with Crippen molar-refractivity contribution in [3.8, 4) is 0 Å². The van der Waals surface area contributed by atoms with Crippen LogP contribution < -0.4 is 29.6 Å². The number of allylic oxidation sites excluding steroid dienone is 5. The number of aliphatic hydroxyl groups is 2. The Kier molecular flexibility index (Phi) is 16.9. The average Bonchev–Trinajstić information content (AvgIpc) is 2.72. The number of aliphatic hydroxyl groups excluding tert-OH is 2. The second-order valence-corrected chi connectivity index (χ2v) is 8.51. The maximum absolute atomic E-state index is 11.3. The third-order valence-electron chi connectivity index (χ3n) is 4.83. The fourth-order valence-corrected chi connectivity index (χ4v) is 3.47. The first-order chi connectivity index (χ1) is 15.1. The van der Waals surface area contributed by atoms with E-state index in [1.54, 1.807) is 19.1 Å². The van der Waals surface area contributed by atoms with Crippen molar-refractivity contribution in [1.82, 2.24) is 0 Å². The molecular weight excluding hydrogens is 459 g/mol. The van der Waals surface area contributed by atoms with E-state index in [0.29, 0.717) is 0 Å². The van der Waals surface area contributed by atoms with E-state index in [1.807, 2.05) is 12.2 Å². The van der Waals surface area contributed by atoms with Gasteiger partial charge in [-0.05, 0) is 31.4 Å². The number of esters is 1. The predicted molar refractivity (Wildman–Crippen MR) is 120 cm³/mol. The van der Waals surface area contributed by atoms with Gasteiger partial charge in [-0.15, -0.1) is 0 Å². The number of carbonyl (C=O) groups is 1. The summed E-state index contributed by atoms with van der Waals surface area (Å²) in [5.74, 6) is -1.35. The Hall–Kier alpha value is -1.04. The first-order valence-corrected chi connectivity index (χ1v) is 12.0. The molecule has 33 heavy (non-hydrogen) atoms. The smallest absolute Gasteiger partial charge is 0.726 e. The summed E-state index contributed by atoms with van der Waals surface area (Å²) in [5.41, 5.74) is 0. The van der Waals surface area contributed by atoms with Crippen LogP contribution in [0.2, 0.25) is 0 Å². The van der Waals surface area contributed by atoms with Crippen LogP contribution in [0.4, 0.5) is 0 Å². The molecule has 0 fully saturated rings. The summed E-state index contributed by atoms with van der Waals surface area (Å²) in [6.45, 7) is 3.70. The van der Waals surface area contributed by atoms with E-state index >= 15 is 0 Å². The first-order valence-electron chi connectivity index (χ1n) is 10.7. The number of ether oxygens (including phenoxy) is 1. The molecule has 2 N–H and O–H groups in total. The van der Waals surface area contributed by atoms with Gasteiger partial charge < -0.3 is 19.5 Å². The number of cyclic esters (lactones) is 1. The molecule has 0 unspecified atom stereocenters. The minimum atomic E-state index is -5.01. The summed E-state index contributed by atoms with van der Waals surface area (Å²) >= 11 is 0. The zero-order valence-corrected chi connectivity index (χ0v) is 22.3. The van der Waals surface area contributed by atoms with Crippen molar-refractivity contribution >= 4 is 16.4 Å². The van der Waals surface area contributed by atoms with Gasteiger partial charge in [0.05, 0.1) is 12.2 Å². The Morgan fingerprint density at radius 2 is 1.91 bits per heavy atom. The van der Waals surface area contributed by atoms with Gasteiger partial charge in [-0.3, -0.25) is 4.18 Å². The molecule has 0 saturated heterocycles. The predicted octanol–water partition coefficient (Wildman–Crippen LogP) is -0.129. The Labute approximate surface area is 219 Å². The molecule has 1 heterocycles. The molecule has 0 bridgehead atoms. The molecule has 0 radical (unpaired) electrons. The summed E-state index contributed by atoms with van der Waals surface area (Å²) in [5, 5.41) is 20.1. The van der Waals surface area contributed by atoms with Crippen molar-refractivity contribution in [1.29, 1.82) is 0 Å². The Balaban J connectivity index is 0.0000102. The zero-order valence-electron chi connectivity index (χ0n) is 19.4. The monoisotopic (exact) mass is 492 g/mol. The van der Waals surface area contributed by atoms with Crippen LogP contribution in [-0.2, 0) is 24.1 Å². The Morgan fingerprint density at radius 3 is 2.58 bits per heavy atom. The van der Waals surface area contributed by atoms with Gasteiger partial charge >= 0.3 is 35.5 Å². The Morgan fingerprint density at radius 1 is 1.21 bits per heavy atom. The molecule has 0 spiro atoms. The molecule has 5 atom stereocenters. The SMILES string of the molecule is CCCCC/C=C/C=C\C=C/[C@H](O)[C@H](C)[C@H](C/C=C/[C@@H]1OC(=O)C=C[C@@H]1O)OS(=O)(=O)[O-].[Na+]. The average molecular weight is 493 g/mol. The van der Waals surface area contributed by atoms with Gasteiger partial charge in [0.2, 0.25) is 10.4 Å². The first kappa shape index (κ1) is 32.0. The fraction of sp³-hybridized carbons (Fsp3) is 0.522. The standard InChI is InChI=1S/C23H34O8S.Na/c1-3-4-5-6-7-8-9-10-11-13-19(24)18(2)21(31-32(27,28)29)14-12-15-22-20(25)16-17-23(26)30-22;/h7-13,15-22,24-25H,3-6,14H2,1-2H3,(H,27,28,29);/q;+1/p-1/b8-7+,10-9-,13-11-,15-12+;/t18-,19-,20-,21-,22-;/m0./s1. The van der Waals surface area contributed by atoms with Gasteiger partial charge in [-0.1, -0.05) is 69.2 Å². The molecule has 1 aliphatic rings. The van der Waals surface area contributed by atoms with Crippen molar-refractivity contribution in [2.75, 3.05) is 0 Å². The van der Waals surface area contributed by atoms with Gasteiger partial charge in [-0.25, -0.2) is 13.2 Å². The number of rotatable bonds is 14. The summed E-state index contributed by atoms with van der Waals surface area (Å²) in [7, 11) is -5.01. The normalized spacial score (nSPS) is 22.2. The van der Waals surface area contributed by atoms with Crippen molar-refractivity contribution < 1.29 is 66.5 Å². The zero-order chi connectivity index (χ0) is 24.0. The van der Waals surface area contributed by atoms with Gasteiger partial charge in [0.1, 0.15) is 12.2 Å². The van der Waals surface area contributed by atoms with Crippen molar-refractivity contribution in [2.45, 2.75) is 70.4 Å². The molecule has 1 rings (SSSR count). The summed E-state index contributed by atoms with van der Waals surface area (Å²) < 4.78 is 42.9. The van der Waals surface area contributed by atoms with E-state index in [2.05, 4.69) is 17.2 Å². The van der Waals surface area contributed by atoms with Gasteiger partial charge in [0.15, 0.2) is 0 Å². The molecular formula is C23H33NaO8S. The molecule has 0 aliphatic carbocycles. The molecule has 8 nitrogen and oxygen atoms in total. The second-order valence-electron chi connectivity index (χ2n) is 7.50. The van der Waals surface area contributed by atoms with Crippen LogP contribution in [0.5, 0.6) is 0 Å². The molecule has 0 aromatic heterocycles. The van der Waals surface area contributed by atoms with Crippen molar-refractivity contribution in [2.24, 2.45) is 5.92 Å². The number of hydrogen-bond donors (Lipinski definition) is 2. The molecule has 1 aliphatic heterocycles. The maximum Gasteiger partial charge on any atom is 1.00 e.